The largest absolute Gasteiger partial charge is 0.496 e. The average Bonchev–Trinajstić information content (AvgIpc) is 2.94. The third-order valence-electron chi connectivity index (χ3n) is 4.58. The van der Waals surface area contributed by atoms with Gasteiger partial charge in [0.05, 0.1) is 18.4 Å². The second kappa shape index (κ2) is 10.7. The first-order valence-corrected chi connectivity index (χ1v) is 9.27. The minimum Gasteiger partial charge on any atom is -0.496 e. The number of carboxylic acid groups (broad SMARTS) is 1. The molecule has 0 spiro atoms. The van der Waals surface area contributed by atoms with Crippen LogP contribution in [-0.2, 0) is 18.4 Å². The van der Waals surface area contributed by atoms with Crippen molar-refractivity contribution in [2.75, 3.05) is 33.3 Å². The van der Waals surface area contributed by atoms with E-state index in [0.717, 1.165) is 32.6 Å². The van der Waals surface area contributed by atoms with Crippen LogP contribution in [-0.4, -0.2) is 70.4 Å². The van der Waals surface area contributed by atoms with Crippen LogP contribution in [0.2, 0.25) is 5.02 Å². The van der Waals surface area contributed by atoms with Crippen LogP contribution < -0.4 is 4.74 Å². The van der Waals surface area contributed by atoms with E-state index in [1.807, 2.05) is 28.9 Å². The molecule has 3 rings (SSSR count). The molecule has 2 aromatic rings. The monoisotopic (exact) mass is 408 g/mol. The summed E-state index contributed by atoms with van der Waals surface area (Å²) in [6.07, 6.45) is 2.75. The number of carbonyl (C=O) groups is 2. The predicted octanol–water partition coefficient (Wildman–Crippen LogP) is 2.13. The second-order valence-electron chi connectivity index (χ2n) is 6.32. The van der Waals surface area contributed by atoms with Crippen molar-refractivity contribution in [3.63, 3.8) is 0 Å². The number of halogens is 1. The maximum Gasteiger partial charge on any atom is 0.290 e. The third kappa shape index (κ3) is 5.71. The molecule has 1 N–H and O–H groups in total. The summed E-state index contributed by atoms with van der Waals surface area (Å²) < 4.78 is 7.22. The fourth-order valence-corrected chi connectivity index (χ4v) is 3.31. The number of nitrogens with zero attached hydrogens (tertiary/aromatic N) is 4. The van der Waals surface area contributed by atoms with Crippen molar-refractivity contribution in [1.82, 2.24) is 19.6 Å². The molecule has 0 bridgehead atoms. The van der Waals surface area contributed by atoms with Gasteiger partial charge in [-0.3, -0.25) is 19.2 Å². The molecular weight excluding hydrogens is 384 g/mol. The fourth-order valence-electron chi connectivity index (χ4n) is 3.14. The van der Waals surface area contributed by atoms with E-state index in [-0.39, 0.29) is 12.4 Å². The minimum atomic E-state index is -0.250. The van der Waals surface area contributed by atoms with Crippen LogP contribution in [0.1, 0.15) is 22.5 Å². The van der Waals surface area contributed by atoms with Gasteiger partial charge >= 0.3 is 0 Å². The van der Waals surface area contributed by atoms with Crippen molar-refractivity contribution < 1.29 is 19.4 Å². The van der Waals surface area contributed by atoms with Crippen molar-refractivity contribution in [2.45, 2.75) is 13.0 Å². The lowest BCUT2D eigenvalue weighted by Crippen LogP contribution is -2.35. The Hall–Kier alpha value is -2.58. The van der Waals surface area contributed by atoms with Crippen LogP contribution in [0.5, 0.6) is 5.75 Å². The lowest BCUT2D eigenvalue weighted by Gasteiger charge is -2.23. The smallest absolute Gasteiger partial charge is 0.290 e. The van der Waals surface area contributed by atoms with Gasteiger partial charge < -0.3 is 14.7 Å². The number of methoxy groups -OCH3 is 1. The molecule has 0 radical (unpaired) electrons. The van der Waals surface area contributed by atoms with Crippen molar-refractivity contribution in [2.24, 2.45) is 7.05 Å². The highest BCUT2D eigenvalue weighted by Crippen LogP contribution is 2.24. The van der Waals surface area contributed by atoms with Gasteiger partial charge in [-0.1, -0.05) is 11.6 Å². The van der Waals surface area contributed by atoms with E-state index in [1.54, 1.807) is 25.3 Å². The van der Waals surface area contributed by atoms with Crippen molar-refractivity contribution in [3.05, 3.63) is 46.7 Å². The van der Waals surface area contributed by atoms with Crippen LogP contribution in [0, 0.1) is 0 Å². The van der Waals surface area contributed by atoms with E-state index >= 15 is 0 Å². The summed E-state index contributed by atoms with van der Waals surface area (Å²) in [4.78, 5) is 25.5. The Morgan fingerprint density at radius 2 is 2.04 bits per heavy atom. The first kappa shape index (κ1) is 21.7. The second-order valence-corrected chi connectivity index (χ2v) is 6.75. The van der Waals surface area contributed by atoms with E-state index in [2.05, 4.69) is 10.00 Å². The molecule has 152 valence electrons. The summed E-state index contributed by atoms with van der Waals surface area (Å²) >= 11 is 6.06. The molecule has 1 aromatic heterocycles. The lowest BCUT2D eigenvalue weighted by atomic mass is 10.1. The van der Waals surface area contributed by atoms with Gasteiger partial charge in [-0.05, 0) is 30.7 Å². The Kier molecular flexibility index (Phi) is 8.28. The van der Waals surface area contributed by atoms with Gasteiger partial charge in [0.1, 0.15) is 5.75 Å². The number of hydrogen-bond acceptors (Lipinski definition) is 5. The van der Waals surface area contributed by atoms with Crippen molar-refractivity contribution in [1.29, 1.82) is 0 Å². The molecule has 28 heavy (non-hydrogen) atoms. The zero-order valence-electron chi connectivity index (χ0n) is 16.0. The number of hydrogen-bond donors (Lipinski definition) is 1. The molecule has 2 heterocycles. The Bertz CT molecular complexity index is 796. The van der Waals surface area contributed by atoms with Gasteiger partial charge in [-0.15, -0.1) is 0 Å². The molecule has 1 amide bonds. The summed E-state index contributed by atoms with van der Waals surface area (Å²) in [7, 11) is 3.52. The quantitative estimate of drug-likeness (QED) is 0.780. The predicted molar refractivity (Wildman–Crippen MR) is 106 cm³/mol. The van der Waals surface area contributed by atoms with Crippen molar-refractivity contribution >= 4 is 24.0 Å². The Balaban J connectivity index is 0.000000878. The maximum atomic E-state index is 12.9. The number of aromatic nitrogens is 2. The van der Waals surface area contributed by atoms with Crippen LogP contribution in [0.25, 0.3) is 0 Å². The minimum absolute atomic E-state index is 0.0262. The molecule has 0 aliphatic carbocycles. The molecule has 0 saturated carbocycles. The Morgan fingerprint density at radius 1 is 1.29 bits per heavy atom. The van der Waals surface area contributed by atoms with Gasteiger partial charge in [0.15, 0.2) is 0 Å². The average molecular weight is 409 g/mol. The molecule has 8 nitrogen and oxygen atoms in total. The summed E-state index contributed by atoms with van der Waals surface area (Å²) in [5.74, 6) is 0.534. The number of carbonyl (C=O) groups excluding carboxylic acids is 1. The molecule has 0 unspecified atom stereocenters. The zero-order valence-corrected chi connectivity index (χ0v) is 16.8. The molecule has 1 fully saturated rings. The highest BCUT2D eigenvalue weighted by Gasteiger charge is 2.23. The van der Waals surface area contributed by atoms with Gasteiger partial charge in [0.25, 0.3) is 12.4 Å². The fraction of sp³-hybridized carbons (Fsp3) is 0.421. The van der Waals surface area contributed by atoms with Crippen LogP contribution in [0.15, 0.2) is 30.5 Å². The van der Waals surface area contributed by atoms with E-state index in [0.29, 0.717) is 22.9 Å². The number of ether oxygens (including phenoxy) is 1. The van der Waals surface area contributed by atoms with Crippen LogP contribution >= 0.6 is 11.6 Å². The van der Waals surface area contributed by atoms with E-state index in [9.17, 15) is 4.79 Å². The summed E-state index contributed by atoms with van der Waals surface area (Å²) in [6.45, 7) is 3.81. The highest BCUT2D eigenvalue weighted by molar-refractivity contribution is 6.31. The SMILES string of the molecule is COc1ccc(Cl)cc1C(=O)N1CCCN(Cc2ccnn2C)CC1.O=CO. The molecule has 0 atom stereocenters. The van der Waals surface area contributed by atoms with Gasteiger partial charge in [-0.25, -0.2) is 0 Å². The molecular formula is C19H25ClN4O4. The Labute approximate surface area is 169 Å². The van der Waals surface area contributed by atoms with Gasteiger partial charge in [-0.2, -0.15) is 5.10 Å². The molecule has 1 aliphatic heterocycles. The third-order valence-corrected chi connectivity index (χ3v) is 4.81. The van der Waals surface area contributed by atoms with Crippen molar-refractivity contribution in [3.8, 4) is 5.75 Å². The molecule has 1 saturated heterocycles. The van der Waals surface area contributed by atoms with Crippen LogP contribution in [0.4, 0.5) is 0 Å². The highest BCUT2D eigenvalue weighted by atomic mass is 35.5. The van der Waals surface area contributed by atoms with E-state index in [4.69, 9.17) is 26.2 Å². The standard InChI is InChI=1S/C18H23ClN4O2.CH2O2/c1-21-15(6-7-20-21)13-22-8-3-9-23(11-10-22)18(24)16-12-14(19)4-5-17(16)25-2;2-1-3/h4-7,12H,3,8-11,13H2,1-2H3;1H,(H,2,3). The summed E-state index contributed by atoms with van der Waals surface area (Å²) in [5, 5.41) is 11.6. The summed E-state index contributed by atoms with van der Waals surface area (Å²) in [5.41, 5.74) is 1.70. The van der Waals surface area contributed by atoms with E-state index < -0.39 is 0 Å². The topological polar surface area (TPSA) is 87.9 Å². The maximum absolute atomic E-state index is 12.9. The molecule has 9 heteroatoms. The first-order chi connectivity index (χ1) is 13.5. The summed E-state index contributed by atoms with van der Waals surface area (Å²) in [6, 6.07) is 7.18. The zero-order chi connectivity index (χ0) is 20.5. The number of aryl methyl sites for hydroxylation is 1. The number of benzene rings is 1. The lowest BCUT2D eigenvalue weighted by molar-refractivity contribution is -0.122. The molecule has 1 aliphatic rings. The number of rotatable bonds is 4. The first-order valence-electron chi connectivity index (χ1n) is 8.90. The number of amides is 1. The van der Waals surface area contributed by atoms with Crippen LogP contribution in [0.3, 0.4) is 0 Å². The van der Waals surface area contributed by atoms with Gasteiger partial charge in [0.2, 0.25) is 0 Å². The Morgan fingerprint density at radius 3 is 2.68 bits per heavy atom. The molecule has 1 aromatic carbocycles. The van der Waals surface area contributed by atoms with E-state index in [1.165, 1.54) is 5.69 Å². The van der Waals surface area contributed by atoms with Gasteiger partial charge in [0, 0.05) is 51.0 Å². The normalized spacial score (nSPS) is 14.6.